The van der Waals surface area contributed by atoms with E-state index in [4.69, 9.17) is 0 Å². The molecule has 1 aromatic carbocycles. The summed E-state index contributed by atoms with van der Waals surface area (Å²) >= 11 is 0. The van der Waals surface area contributed by atoms with Crippen LogP contribution in [0.25, 0.3) is 0 Å². The number of hydrogen-bond donors (Lipinski definition) is 3. The Morgan fingerprint density at radius 3 is 2.14 bits per heavy atom. The van der Waals surface area contributed by atoms with Gasteiger partial charge in [-0.3, -0.25) is 9.59 Å². The van der Waals surface area contributed by atoms with E-state index in [0.29, 0.717) is 12.3 Å². The van der Waals surface area contributed by atoms with Crippen molar-refractivity contribution in [2.45, 2.75) is 46.6 Å². The van der Waals surface area contributed by atoms with Crippen LogP contribution in [-0.2, 0) is 9.59 Å². The minimum atomic E-state index is -0.0244. The van der Waals surface area contributed by atoms with Gasteiger partial charge in [0.1, 0.15) is 0 Å². The molecular formula is C17H27N3O2. The summed E-state index contributed by atoms with van der Waals surface area (Å²) in [7, 11) is 0. The van der Waals surface area contributed by atoms with Gasteiger partial charge < -0.3 is 16.0 Å². The van der Waals surface area contributed by atoms with Gasteiger partial charge in [0, 0.05) is 23.8 Å². The molecule has 0 spiro atoms. The molecule has 3 N–H and O–H groups in total. The van der Waals surface area contributed by atoms with Crippen LogP contribution in [0.5, 0.6) is 0 Å². The molecule has 1 atom stereocenters. The van der Waals surface area contributed by atoms with Crippen molar-refractivity contribution < 1.29 is 9.59 Å². The molecule has 0 aliphatic heterocycles. The van der Waals surface area contributed by atoms with Gasteiger partial charge in [0.2, 0.25) is 11.8 Å². The Kier molecular flexibility index (Phi) is 7.43. The van der Waals surface area contributed by atoms with Crippen LogP contribution in [0.2, 0.25) is 0 Å². The molecule has 5 heteroatoms. The Balaban J connectivity index is 2.41. The molecule has 0 saturated carbocycles. The Morgan fingerprint density at radius 2 is 1.59 bits per heavy atom. The number of benzene rings is 1. The van der Waals surface area contributed by atoms with Gasteiger partial charge in [0.15, 0.2) is 0 Å². The Morgan fingerprint density at radius 1 is 1.00 bits per heavy atom. The molecule has 22 heavy (non-hydrogen) atoms. The van der Waals surface area contributed by atoms with Crippen molar-refractivity contribution in [3.63, 3.8) is 0 Å². The summed E-state index contributed by atoms with van der Waals surface area (Å²) in [6, 6.07) is 7.54. The van der Waals surface area contributed by atoms with Gasteiger partial charge in [-0.1, -0.05) is 20.8 Å². The molecule has 122 valence electrons. The fourth-order valence-corrected chi connectivity index (χ4v) is 1.86. The van der Waals surface area contributed by atoms with Gasteiger partial charge in [0.05, 0.1) is 6.54 Å². The van der Waals surface area contributed by atoms with E-state index in [0.717, 1.165) is 17.8 Å². The molecule has 0 aromatic heterocycles. The van der Waals surface area contributed by atoms with Gasteiger partial charge >= 0.3 is 0 Å². The van der Waals surface area contributed by atoms with Gasteiger partial charge in [-0.2, -0.15) is 0 Å². The van der Waals surface area contributed by atoms with Gasteiger partial charge in [-0.15, -0.1) is 0 Å². The van der Waals surface area contributed by atoms with E-state index < -0.39 is 0 Å². The lowest BCUT2D eigenvalue weighted by atomic mass is 10.1. The fraction of sp³-hybridized carbons (Fsp3) is 0.529. The van der Waals surface area contributed by atoms with Crippen molar-refractivity contribution >= 4 is 23.2 Å². The molecule has 0 bridgehead atoms. The van der Waals surface area contributed by atoms with Crippen LogP contribution in [0.15, 0.2) is 24.3 Å². The van der Waals surface area contributed by atoms with Crippen molar-refractivity contribution in [3.8, 4) is 0 Å². The number of rotatable bonds is 8. The molecule has 0 radical (unpaired) electrons. The van der Waals surface area contributed by atoms with Crippen molar-refractivity contribution in [2.75, 3.05) is 17.2 Å². The first kappa shape index (κ1) is 18.0. The van der Waals surface area contributed by atoms with E-state index in [1.54, 1.807) is 0 Å². The summed E-state index contributed by atoms with van der Waals surface area (Å²) < 4.78 is 0. The third-order valence-corrected chi connectivity index (χ3v) is 3.24. The zero-order valence-electron chi connectivity index (χ0n) is 13.9. The summed E-state index contributed by atoms with van der Waals surface area (Å²) in [6.07, 6.45) is 1.42. The molecule has 0 aliphatic rings. The largest absolute Gasteiger partial charge is 0.376 e. The standard InChI is InChI=1S/C17H27N3O2/c1-5-13(4)19-17(22)11-18-14-6-8-15(9-7-14)20-16(21)10-12(2)3/h6-9,12-13,18H,5,10-11H2,1-4H3,(H,19,22)(H,20,21). The first-order valence-electron chi connectivity index (χ1n) is 7.83. The SMILES string of the molecule is CCC(C)NC(=O)CNc1ccc(NC(=O)CC(C)C)cc1. The minimum absolute atomic E-state index is 0.0173. The lowest BCUT2D eigenvalue weighted by molar-refractivity contribution is -0.120. The monoisotopic (exact) mass is 305 g/mol. The van der Waals surface area contributed by atoms with Crippen LogP contribution in [0.3, 0.4) is 0 Å². The normalized spacial score (nSPS) is 11.9. The molecule has 1 rings (SSSR count). The van der Waals surface area contributed by atoms with E-state index in [1.807, 2.05) is 52.0 Å². The number of anilines is 2. The second kappa shape index (κ2) is 9.07. The van der Waals surface area contributed by atoms with Crippen LogP contribution in [0.1, 0.15) is 40.5 Å². The number of hydrogen-bond acceptors (Lipinski definition) is 3. The highest BCUT2D eigenvalue weighted by Gasteiger charge is 2.06. The number of carbonyl (C=O) groups excluding carboxylic acids is 2. The van der Waals surface area contributed by atoms with Crippen LogP contribution in [0, 0.1) is 5.92 Å². The summed E-state index contributed by atoms with van der Waals surface area (Å²) in [6.45, 7) is 8.27. The average molecular weight is 305 g/mol. The lowest BCUT2D eigenvalue weighted by Crippen LogP contribution is -2.36. The van der Waals surface area contributed by atoms with Gasteiger partial charge in [-0.25, -0.2) is 0 Å². The number of amides is 2. The Labute approximate surface area is 132 Å². The highest BCUT2D eigenvalue weighted by atomic mass is 16.2. The van der Waals surface area contributed by atoms with E-state index >= 15 is 0 Å². The molecule has 0 aliphatic carbocycles. The smallest absolute Gasteiger partial charge is 0.239 e. The quantitative estimate of drug-likeness (QED) is 0.691. The molecular weight excluding hydrogens is 278 g/mol. The van der Waals surface area contributed by atoms with E-state index in [1.165, 1.54) is 0 Å². The zero-order chi connectivity index (χ0) is 16.5. The maximum Gasteiger partial charge on any atom is 0.239 e. The van der Waals surface area contributed by atoms with Crippen LogP contribution < -0.4 is 16.0 Å². The average Bonchev–Trinajstić information content (AvgIpc) is 2.45. The molecule has 0 fully saturated rings. The third-order valence-electron chi connectivity index (χ3n) is 3.24. The lowest BCUT2D eigenvalue weighted by Gasteiger charge is -2.13. The highest BCUT2D eigenvalue weighted by Crippen LogP contribution is 2.14. The number of nitrogens with one attached hydrogen (secondary N) is 3. The molecule has 2 amide bonds. The maximum atomic E-state index is 11.7. The predicted molar refractivity (Wildman–Crippen MR) is 90.9 cm³/mol. The topological polar surface area (TPSA) is 70.2 Å². The second-order valence-corrected chi connectivity index (χ2v) is 5.95. The summed E-state index contributed by atoms with van der Waals surface area (Å²) in [5.41, 5.74) is 1.61. The molecule has 1 unspecified atom stereocenters. The van der Waals surface area contributed by atoms with Crippen molar-refractivity contribution in [3.05, 3.63) is 24.3 Å². The Bertz CT molecular complexity index is 483. The highest BCUT2D eigenvalue weighted by molar-refractivity contribution is 5.91. The third kappa shape index (κ3) is 7.11. The van der Waals surface area contributed by atoms with Crippen molar-refractivity contribution in [2.24, 2.45) is 5.92 Å². The van der Waals surface area contributed by atoms with Gasteiger partial charge in [-0.05, 0) is 43.5 Å². The zero-order valence-corrected chi connectivity index (χ0v) is 13.9. The fourth-order valence-electron chi connectivity index (χ4n) is 1.86. The molecule has 0 saturated heterocycles. The van der Waals surface area contributed by atoms with E-state index in [9.17, 15) is 9.59 Å². The van der Waals surface area contributed by atoms with Crippen LogP contribution in [0.4, 0.5) is 11.4 Å². The molecule has 1 aromatic rings. The number of carbonyl (C=O) groups is 2. The molecule has 0 heterocycles. The van der Waals surface area contributed by atoms with Crippen molar-refractivity contribution in [1.29, 1.82) is 0 Å². The first-order chi connectivity index (χ1) is 10.4. The first-order valence-corrected chi connectivity index (χ1v) is 7.83. The summed E-state index contributed by atoms with van der Waals surface area (Å²) in [5, 5.41) is 8.81. The van der Waals surface area contributed by atoms with Crippen molar-refractivity contribution in [1.82, 2.24) is 5.32 Å². The van der Waals surface area contributed by atoms with Crippen LogP contribution >= 0.6 is 0 Å². The molecule has 5 nitrogen and oxygen atoms in total. The second-order valence-electron chi connectivity index (χ2n) is 5.95. The maximum absolute atomic E-state index is 11.7. The van der Waals surface area contributed by atoms with Gasteiger partial charge in [0.25, 0.3) is 0 Å². The predicted octanol–water partition coefficient (Wildman–Crippen LogP) is 3.00. The van der Waals surface area contributed by atoms with E-state index in [-0.39, 0.29) is 24.4 Å². The van der Waals surface area contributed by atoms with E-state index in [2.05, 4.69) is 16.0 Å². The minimum Gasteiger partial charge on any atom is -0.376 e. The Hall–Kier alpha value is -2.04. The summed E-state index contributed by atoms with van der Waals surface area (Å²) in [4.78, 5) is 23.3. The summed E-state index contributed by atoms with van der Waals surface area (Å²) in [5.74, 6) is 0.331. The van der Waals surface area contributed by atoms with Crippen LogP contribution in [-0.4, -0.2) is 24.4 Å².